The van der Waals surface area contributed by atoms with Crippen molar-refractivity contribution in [2.24, 2.45) is 5.14 Å². The highest BCUT2D eigenvalue weighted by Crippen LogP contribution is 2.29. The number of sulfonamides is 2. The summed E-state index contributed by atoms with van der Waals surface area (Å²) in [7, 11) is -8.04. The van der Waals surface area contributed by atoms with Crippen LogP contribution in [0, 0.1) is 5.82 Å². The Morgan fingerprint density at radius 3 is 2.52 bits per heavy atom. The Bertz CT molecular complexity index is 747. The van der Waals surface area contributed by atoms with Crippen molar-refractivity contribution in [1.29, 1.82) is 0 Å². The number of hydrogen-bond acceptors (Lipinski definition) is 4. The lowest BCUT2D eigenvalue weighted by molar-refractivity contribution is 0.377. The van der Waals surface area contributed by atoms with Gasteiger partial charge in [0, 0.05) is 12.6 Å². The van der Waals surface area contributed by atoms with Gasteiger partial charge in [-0.15, -0.1) is 0 Å². The third-order valence-electron chi connectivity index (χ3n) is 3.61. The molecule has 1 aliphatic heterocycles. The molecule has 1 saturated heterocycles. The average Bonchev–Trinajstić information content (AvgIpc) is 2.86. The van der Waals surface area contributed by atoms with Crippen molar-refractivity contribution >= 4 is 20.0 Å². The van der Waals surface area contributed by atoms with Crippen molar-refractivity contribution in [3.05, 3.63) is 24.0 Å². The molecule has 118 valence electrons. The summed E-state index contributed by atoms with van der Waals surface area (Å²) in [6, 6.07) is 2.45. The van der Waals surface area contributed by atoms with Gasteiger partial charge in [0.1, 0.15) is 10.7 Å². The zero-order chi connectivity index (χ0) is 15.8. The molecule has 0 aromatic heterocycles. The van der Waals surface area contributed by atoms with E-state index in [1.54, 1.807) is 0 Å². The zero-order valence-corrected chi connectivity index (χ0v) is 13.1. The van der Waals surface area contributed by atoms with E-state index in [-0.39, 0.29) is 6.04 Å². The zero-order valence-electron chi connectivity index (χ0n) is 11.5. The molecule has 0 aliphatic carbocycles. The molecule has 0 radical (unpaired) electrons. The molecule has 0 bridgehead atoms. The van der Waals surface area contributed by atoms with Gasteiger partial charge < -0.3 is 0 Å². The van der Waals surface area contributed by atoms with Gasteiger partial charge in [0.25, 0.3) is 0 Å². The number of hydrogen-bond donors (Lipinski definition) is 1. The molecule has 0 amide bonds. The number of nitrogens with two attached hydrogens (primary N) is 1. The van der Waals surface area contributed by atoms with Gasteiger partial charge in [-0.05, 0) is 37.5 Å². The van der Waals surface area contributed by atoms with E-state index in [2.05, 4.69) is 0 Å². The van der Waals surface area contributed by atoms with Gasteiger partial charge in [-0.1, -0.05) is 6.92 Å². The van der Waals surface area contributed by atoms with Crippen molar-refractivity contribution in [3.8, 4) is 0 Å². The van der Waals surface area contributed by atoms with Crippen LogP contribution in [0.5, 0.6) is 0 Å². The molecule has 1 atom stereocenters. The van der Waals surface area contributed by atoms with Crippen LogP contribution in [0.25, 0.3) is 0 Å². The highest BCUT2D eigenvalue weighted by molar-refractivity contribution is 7.89. The van der Waals surface area contributed by atoms with Crippen LogP contribution in [0.15, 0.2) is 28.0 Å². The van der Waals surface area contributed by atoms with Gasteiger partial charge in [-0.2, -0.15) is 4.31 Å². The second-order valence-electron chi connectivity index (χ2n) is 4.96. The lowest BCUT2D eigenvalue weighted by atomic mass is 10.2. The maximum absolute atomic E-state index is 14.0. The first kappa shape index (κ1) is 16.3. The van der Waals surface area contributed by atoms with E-state index in [4.69, 9.17) is 5.14 Å². The van der Waals surface area contributed by atoms with Gasteiger partial charge >= 0.3 is 0 Å². The number of rotatable bonds is 4. The summed E-state index contributed by atoms with van der Waals surface area (Å²) in [5.41, 5.74) is 0. The first-order valence-electron chi connectivity index (χ1n) is 6.52. The Morgan fingerprint density at radius 2 is 2.00 bits per heavy atom. The monoisotopic (exact) mass is 336 g/mol. The largest absolute Gasteiger partial charge is 0.246 e. The van der Waals surface area contributed by atoms with Crippen LogP contribution < -0.4 is 5.14 Å². The van der Waals surface area contributed by atoms with Crippen LogP contribution in [0.3, 0.4) is 0 Å². The van der Waals surface area contributed by atoms with Crippen LogP contribution in [0.1, 0.15) is 26.2 Å². The Labute approximate surface area is 123 Å². The molecule has 1 aliphatic rings. The molecule has 2 N–H and O–H groups in total. The number of halogens is 1. The lowest BCUT2D eigenvalue weighted by Crippen LogP contribution is -2.35. The summed E-state index contributed by atoms with van der Waals surface area (Å²) in [5, 5.41) is 4.90. The maximum atomic E-state index is 14.0. The van der Waals surface area contributed by atoms with E-state index >= 15 is 0 Å². The van der Waals surface area contributed by atoms with Crippen LogP contribution >= 0.6 is 0 Å². The lowest BCUT2D eigenvalue weighted by Gasteiger charge is -2.23. The molecule has 2 rings (SSSR count). The van der Waals surface area contributed by atoms with Crippen molar-refractivity contribution in [1.82, 2.24) is 4.31 Å². The van der Waals surface area contributed by atoms with Crippen molar-refractivity contribution in [3.63, 3.8) is 0 Å². The van der Waals surface area contributed by atoms with Crippen LogP contribution in [0.4, 0.5) is 4.39 Å². The Balaban J connectivity index is 2.46. The molecule has 1 unspecified atom stereocenters. The maximum Gasteiger partial charge on any atom is 0.246 e. The second-order valence-corrected chi connectivity index (χ2v) is 8.38. The van der Waals surface area contributed by atoms with E-state index in [9.17, 15) is 21.2 Å². The van der Waals surface area contributed by atoms with E-state index in [1.165, 1.54) is 4.31 Å². The van der Waals surface area contributed by atoms with Gasteiger partial charge in [-0.3, -0.25) is 0 Å². The third kappa shape index (κ3) is 3.10. The summed E-state index contributed by atoms with van der Waals surface area (Å²) >= 11 is 0. The molecular weight excluding hydrogens is 319 g/mol. The van der Waals surface area contributed by atoms with E-state index in [0.29, 0.717) is 19.0 Å². The van der Waals surface area contributed by atoms with Gasteiger partial charge in [0.2, 0.25) is 20.0 Å². The topological polar surface area (TPSA) is 97.5 Å². The molecule has 1 aromatic carbocycles. The van der Waals surface area contributed by atoms with Gasteiger partial charge in [0.15, 0.2) is 0 Å². The normalized spacial score (nSPS) is 20.8. The number of primary sulfonamides is 1. The third-order valence-corrected chi connectivity index (χ3v) is 6.51. The summed E-state index contributed by atoms with van der Waals surface area (Å²) in [5.74, 6) is -1.11. The standard InChI is InChI=1S/C12H17FN2O4S2/c1-2-9-4-3-7-15(9)21(18,19)12-6-5-10(8-11(12)13)20(14,16)17/h5-6,8-9H,2-4,7H2,1H3,(H2,14,16,17). The first-order chi connectivity index (χ1) is 9.67. The molecule has 6 nitrogen and oxygen atoms in total. The van der Waals surface area contributed by atoms with Crippen LogP contribution in [-0.4, -0.2) is 33.7 Å². The summed E-state index contributed by atoms with van der Waals surface area (Å²) in [4.78, 5) is -0.970. The minimum Gasteiger partial charge on any atom is -0.225 e. The summed E-state index contributed by atoms with van der Waals surface area (Å²) in [6.45, 7) is 2.22. The van der Waals surface area contributed by atoms with E-state index < -0.39 is 35.7 Å². The fourth-order valence-electron chi connectivity index (χ4n) is 2.53. The first-order valence-corrected chi connectivity index (χ1v) is 9.50. The number of nitrogens with zero attached hydrogens (tertiary/aromatic N) is 1. The molecule has 21 heavy (non-hydrogen) atoms. The minimum absolute atomic E-state index is 0.146. The second kappa shape index (κ2) is 5.64. The fraction of sp³-hybridized carbons (Fsp3) is 0.500. The molecule has 0 spiro atoms. The van der Waals surface area contributed by atoms with Crippen LogP contribution in [-0.2, 0) is 20.0 Å². The summed E-state index contributed by atoms with van der Waals surface area (Å²) in [6.07, 6.45) is 2.12. The van der Waals surface area contributed by atoms with Crippen LogP contribution in [0.2, 0.25) is 0 Å². The fourth-order valence-corrected chi connectivity index (χ4v) is 4.87. The molecule has 1 fully saturated rings. The SMILES string of the molecule is CCC1CCCN1S(=O)(=O)c1ccc(S(N)(=O)=O)cc1F. The predicted octanol–water partition coefficient (Wildman–Crippen LogP) is 1.04. The highest BCUT2D eigenvalue weighted by atomic mass is 32.2. The molecule has 1 heterocycles. The Morgan fingerprint density at radius 1 is 1.33 bits per heavy atom. The molecule has 1 aromatic rings. The summed E-state index contributed by atoms with van der Waals surface area (Å²) < 4.78 is 62.6. The Kier molecular flexibility index (Phi) is 4.39. The highest BCUT2D eigenvalue weighted by Gasteiger charge is 2.35. The molecular formula is C12H17FN2O4S2. The quantitative estimate of drug-likeness (QED) is 0.888. The average molecular weight is 336 g/mol. The number of benzene rings is 1. The van der Waals surface area contributed by atoms with Gasteiger partial charge in [-0.25, -0.2) is 26.4 Å². The van der Waals surface area contributed by atoms with Crippen molar-refractivity contribution in [2.75, 3.05) is 6.54 Å². The van der Waals surface area contributed by atoms with Gasteiger partial charge in [0.05, 0.1) is 4.90 Å². The van der Waals surface area contributed by atoms with Crippen molar-refractivity contribution < 1.29 is 21.2 Å². The van der Waals surface area contributed by atoms with E-state index in [0.717, 1.165) is 25.0 Å². The smallest absolute Gasteiger partial charge is 0.225 e. The Hall–Kier alpha value is -1.03. The predicted molar refractivity (Wildman–Crippen MR) is 75.0 cm³/mol. The molecule has 9 heteroatoms. The van der Waals surface area contributed by atoms with Crippen molar-refractivity contribution in [2.45, 2.75) is 42.0 Å². The van der Waals surface area contributed by atoms with E-state index in [1.807, 2.05) is 6.92 Å². The minimum atomic E-state index is -4.07. The molecule has 0 saturated carbocycles.